The highest BCUT2D eigenvalue weighted by atomic mass is 16.6. The summed E-state index contributed by atoms with van der Waals surface area (Å²) in [5.41, 5.74) is 0. The zero-order valence-electron chi connectivity index (χ0n) is 13.2. The van der Waals surface area contributed by atoms with E-state index in [2.05, 4.69) is 0 Å². The van der Waals surface area contributed by atoms with E-state index in [-0.39, 0.29) is 39.3 Å². The first-order valence-corrected chi connectivity index (χ1v) is 7.30. The molecule has 138 valence electrons. The van der Waals surface area contributed by atoms with Gasteiger partial charge in [-0.1, -0.05) is 0 Å². The summed E-state index contributed by atoms with van der Waals surface area (Å²) in [5, 5.41) is 16.7. The summed E-state index contributed by atoms with van der Waals surface area (Å²) < 4.78 is 20.0. The fraction of sp³-hybridized carbons (Fsp3) is 0.714. The van der Waals surface area contributed by atoms with Crippen LogP contribution in [0.5, 0.6) is 0 Å². The van der Waals surface area contributed by atoms with Crippen molar-refractivity contribution in [1.82, 2.24) is 0 Å². The summed E-state index contributed by atoms with van der Waals surface area (Å²) in [5.74, 6) is -4.19. The third-order valence-corrected chi connectivity index (χ3v) is 2.49. The molecule has 0 saturated heterocycles. The Morgan fingerprint density at radius 3 is 1.62 bits per heavy atom. The van der Waals surface area contributed by atoms with Gasteiger partial charge >= 0.3 is 17.9 Å². The molecule has 10 heteroatoms. The maximum absolute atomic E-state index is 11.2. The maximum atomic E-state index is 11.2. The Morgan fingerprint density at radius 2 is 1.12 bits per heavy atom. The lowest BCUT2D eigenvalue weighted by molar-refractivity contribution is -0.151. The predicted octanol–water partition coefficient (Wildman–Crippen LogP) is -0.512. The van der Waals surface area contributed by atoms with Crippen LogP contribution in [0.1, 0.15) is 19.3 Å². The first-order chi connectivity index (χ1) is 11.4. The first kappa shape index (κ1) is 22.0. The summed E-state index contributed by atoms with van der Waals surface area (Å²) in [6, 6.07) is 0. The van der Waals surface area contributed by atoms with E-state index in [4.69, 9.17) is 29.2 Å². The second kappa shape index (κ2) is 14.5. The van der Waals surface area contributed by atoms with Crippen molar-refractivity contribution in [3.63, 3.8) is 0 Å². The van der Waals surface area contributed by atoms with Crippen molar-refractivity contribution in [3.05, 3.63) is 0 Å². The molecule has 0 unspecified atom stereocenters. The molecule has 0 aliphatic rings. The molecule has 0 aromatic carbocycles. The minimum atomic E-state index is -1.57. The molecule has 0 heterocycles. The van der Waals surface area contributed by atoms with E-state index in [0.29, 0.717) is 19.8 Å². The predicted molar refractivity (Wildman–Crippen MR) is 77.5 cm³/mol. The van der Waals surface area contributed by atoms with Crippen molar-refractivity contribution in [1.29, 1.82) is 0 Å². The molecule has 0 aliphatic carbocycles. The van der Waals surface area contributed by atoms with Crippen LogP contribution in [0.4, 0.5) is 0 Å². The number of ether oxygens (including phenoxy) is 4. The molecule has 10 nitrogen and oxygen atoms in total. The van der Waals surface area contributed by atoms with Crippen LogP contribution in [0.3, 0.4) is 0 Å². The number of carbonyl (C=O) groups excluding carboxylic acids is 2. The van der Waals surface area contributed by atoms with Crippen molar-refractivity contribution in [3.8, 4) is 0 Å². The van der Waals surface area contributed by atoms with E-state index in [0.717, 1.165) is 0 Å². The van der Waals surface area contributed by atoms with Crippen molar-refractivity contribution in [2.75, 3.05) is 46.2 Å². The number of hydrogen-bond acceptors (Lipinski definition) is 8. The average molecular weight is 350 g/mol. The van der Waals surface area contributed by atoms with Gasteiger partial charge in [-0.05, 0) is 0 Å². The Bertz CT molecular complexity index is 406. The SMILES string of the molecule is O=C(O)CCOCCOCCOCCOC(=O)CCC(=O)C(=O)O. The van der Waals surface area contributed by atoms with Crippen molar-refractivity contribution in [2.45, 2.75) is 19.3 Å². The van der Waals surface area contributed by atoms with Gasteiger partial charge in [0, 0.05) is 6.42 Å². The summed E-state index contributed by atoms with van der Waals surface area (Å²) in [4.78, 5) is 42.4. The first-order valence-electron chi connectivity index (χ1n) is 7.30. The Kier molecular flexibility index (Phi) is 13.3. The molecule has 0 rings (SSSR count). The molecule has 0 saturated carbocycles. The molecule has 0 amide bonds. The maximum Gasteiger partial charge on any atom is 0.372 e. The Hall–Kier alpha value is -2.04. The summed E-state index contributed by atoms with van der Waals surface area (Å²) in [6.07, 6.45) is -0.722. The average Bonchev–Trinajstić information content (AvgIpc) is 2.53. The summed E-state index contributed by atoms with van der Waals surface area (Å²) in [6.45, 7) is 1.48. The quantitative estimate of drug-likeness (QED) is 0.212. The highest BCUT2D eigenvalue weighted by Gasteiger charge is 2.13. The Balaban J connectivity index is 3.27. The van der Waals surface area contributed by atoms with E-state index < -0.39 is 30.1 Å². The lowest BCUT2D eigenvalue weighted by atomic mass is 10.2. The molecule has 0 bridgehead atoms. The van der Waals surface area contributed by atoms with Gasteiger partial charge < -0.3 is 29.2 Å². The summed E-state index contributed by atoms with van der Waals surface area (Å²) >= 11 is 0. The number of carbonyl (C=O) groups is 4. The zero-order chi connectivity index (χ0) is 18.2. The van der Waals surface area contributed by atoms with E-state index in [9.17, 15) is 19.2 Å². The fourth-order valence-corrected chi connectivity index (χ4v) is 1.31. The van der Waals surface area contributed by atoms with Crippen LogP contribution < -0.4 is 0 Å². The van der Waals surface area contributed by atoms with Crippen LogP contribution in [0.2, 0.25) is 0 Å². The highest BCUT2D eigenvalue weighted by Crippen LogP contribution is 1.95. The lowest BCUT2D eigenvalue weighted by Crippen LogP contribution is -2.17. The molecule has 0 aromatic heterocycles. The molecule has 0 spiro atoms. The molecule has 2 N–H and O–H groups in total. The topological polar surface area (TPSA) is 146 Å². The molecule has 0 aromatic rings. The van der Waals surface area contributed by atoms with Gasteiger partial charge in [0.05, 0.1) is 52.5 Å². The Labute approximate surface area is 138 Å². The number of carboxylic acid groups (broad SMARTS) is 2. The van der Waals surface area contributed by atoms with Crippen LogP contribution in [0.25, 0.3) is 0 Å². The monoisotopic (exact) mass is 350 g/mol. The van der Waals surface area contributed by atoms with Gasteiger partial charge in [0.2, 0.25) is 5.78 Å². The van der Waals surface area contributed by atoms with Crippen LogP contribution in [0.15, 0.2) is 0 Å². The second-order valence-corrected chi connectivity index (χ2v) is 4.43. The highest BCUT2D eigenvalue weighted by molar-refractivity contribution is 6.32. The number of rotatable bonds is 16. The number of aliphatic carboxylic acids is 2. The molecule has 0 fully saturated rings. The van der Waals surface area contributed by atoms with E-state index in [1.54, 1.807) is 0 Å². The molecule has 24 heavy (non-hydrogen) atoms. The van der Waals surface area contributed by atoms with Gasteiger partial charge in [-0.25, -0.2) is 4.79 Å². The third kappa shape index (κ3) is 14.9. The normalized spacial score (nSPS) is 10.3. The van der Waals surface area contributed by atoms with E-state index in [1.165, 1.54) is 0 Å². The minimum absolute atomic E-state index is 0.00159. The molecular formula is C14H22O10. The zero-order valence-corrected chi connectivity index (χ0v) is 13.2. The molecular weight excluding hydrogens is 328 g/mol. The standard InChI is InChI=1S/C14H22O10/c15-11(14(19)20)1-2-13(18)24-10-9-23-8-7-22-6-5-21-4-3-12(16)17/h1-10H2,(H,16,17)(H,19,20). The van der Waals surface area contributed by atoms with Crippen LogP contribution in [-0.4, -0.2) is 80.2 Å². The van der Waals surface area contributed by atoms with Gasteiger partial charge in [0.1, 0.15) is 6.61 Å². The van der Waals surface area contributed by atoms with Crippen molar-refractivity contribution >= 4 is 23.7 Å². The van der Waals surface area contributed by atoms with Crippen LogP contribution >= 0.6 is 0 Å². The molecule has 0 atom stereocenters. The van der Waals surface area contributed by atoms with Crippen molar-refractivity contribution < 1.29 is 48.3 Å². The third-order valence-electron chi connectivity index (χ3n) is 2.49. The van der Waals surface area contributed by atoms with Gasteiger partial charge in [-0.15, -0.1) is 0 Å². The number of hydrogen-bond donors (Lipinski definition) is 2. The summed E-state index contributed by atoms with van der Waals surface area (Å²) in [7, 11) is 0. The van der Waals surface area contributed by atoms with Gasteiger partial charge in [0.15, 0.2) is 0 Å². The number of carboxylic acids is 2. The van der Waals surface area contributed by atoms with Gasteiger partial charge in [-0.3, -0.25) is 14.4 Å². The fourth-order valence-electron chi connectivity index (χ4n) is 1.31. The smallest absolute Gasteiger partial charge is 0.372 e. The number of esters is 1. The Morgan fingerprint density at radius 1 is 0.625 bits per heavy atom. The molecule has 0 radical (unpaired) electrons. The number of ketones is 1. The van der Waals surface area contributed by atoms with Crippen LogP contribution in [-0.2, 0) is 38.1 Å². The van der Waals surface area contributed by atoms with E-state index in [1.807, 2.05) is 0 Å². The molecule has 0 aliphatic heterocycles. The lowest BCUT2D eigenvalue weighted by Gasteiger charge is -2.07. The second-order valence-electron chi connectivity index (χ2n) is 4.43. The minimum Gasteiger partial charge on any atom is -0.481 e. The van der Waals surface area contributed by atoms with Crippen molar-refractivity contribution in [2.24, 2.45) is 0 Å². The number of Topliss-reactive ketones (excluding diaryl/α,β-unsaturated/α-hetero) is 1. The van der Waals surface area contributed by atoms with Crippen LogP contribution in [0, 0.1) is 0 Å². The van der Waals surface area contributed by atoms with Gasteiger partial charge in [-0.2, -0.15) is 0 Å². The largest absolute Gasteiger partial charge is 0.481 e. The van der Waals surface area contributed by atoms with E-state index >= 15 is 0 Å². The van der Waals surface area contributed by atoms with Gasteiger partial charge in [0.25, 0.3) is 0 Å².